The minimum absolute atomic E-state index is 0.0800. The third-order valence-electron chi connectivity index (χ3n) is 6.07. The van der Waals surface area contributed by atoms with E-state index in [1.165, 1.54) is 24.3 Å². The van der Waals surface area contributed by atoms with Crippen molar-refractivity contribution in [2.45, 2.75) is 19.0 Å². The second kappa shape index (κ2) is 8.77. The molecule has 5 rings (SSSR count). The molecule has 3 heterocycles. The number of thiophene rings is 1. The Balaban J connectivity index is 1.46. The number of fused-ring (bicyclic) bond motifs is 1. The Morgan fingerprint density at radius 2 is 1.59 bits per heavy atom. The number of nitrogens with zero attached hydrogens (tertiary/aromatic N) is 3. The van der Waals surface area contributed by atoms with Crippen LogP contribution in [-0.4, -0.2) is 35.6 Å². The highest BCUT2D eigenvalue weighted by Crippen LogP contribution is 2.37. The molecule has 0 aliphatic carbocycles. The maximum Gasteiger partial charge on any atom is 0.131 e. The Morgan fingerprint density at radius 3 is 2.19 bits per heavy atom. The van der Waals surface area contributed by atoms with Gasteiger partial charge in [0.15, 0.2) is 0 Å². The number of halogens is 3. The molecule has 1 aliphatic rings. The zero-order chi connectivity index (χ0) is 22.2. The lowest BCUT2D eigenvalue weighted by Gasteiger charge is -2.44. The summed E-state index contributed by atoms with van der Waals surface area (Å²) in [6.07, 6.45) is 0. The van der Waals surface area contributed by atoms with E-state index in [-0.39, 0.29) is 23.7 Å². The van der Waals surface area contributed by atoms with Crippen LogP contribution in [0.1, 0.15) is 24.1 Å². The molecule has 1 aliphatic heterocycles. The van der Waals surface area contributed by atoms with Crippen LogP contribution in [0.25, 0.3) is 10.2 Å². The monoisotopic (exact) mass is 469 g/mol. The van der Waals surface area contributed by atoms with Crippen LogP contribution in [0.3, 0.4) is 0 Å². The summed E-state index contributed by atoms with van der Waals surface area (Å²) in [7, 11) is 0. The molecular weight excluding hydrogens is 448 g/mol. The number of anilines is 1. The van der Waals surface area contributed by atoms with Crippen molar-refractivity contribution in [1.82, 2.24) is 9.88 Å². The van der Waals surface area contributed by atoms with Gasteiger partial charge in [-0.05, 0) is 53.8 Å². The summed E-state index contributed by atoms with van der Waals surface area (Å²) < 4.78 is 28.3. The fourth-order valence-corrected chi connectivity index (χ4v) is 5.66. The van der Waals surface area contributed by atoms with Crippen LogP contribution in [0.2, 0.25) is 5.15 Å². The number of aromatic nitrogens is 1. The minimum Gasteiger partial charge on any atom is -0.365 e. The summed E-state index contributed by atoms with van der Waals surface area (Å²) in [5.74, 6) is -0.529. The van der Waals surface area contributed by atoms with Crippen molar-refractivity contribution in [2.75, 3.05) is 24.5 Å². The summed E-state index contributed by atoms with van der Waals surface area (Å²) in [6, 6.07) is 17.3. The van der Waals surface area contributed by atoms with E-state index in [9.17, 15) is 8.78 Å². The normalized spacial score (nSPS) is 17.4. The Morgan fingerprint density at radius 1 is 0.969 bits per heavy atom. The van der Waals surface area contributed by atoms with Gasteiger partial charge in [-0.3, -0.25) is 4.90 Å². The maximum absolute atomic E-state index is 13.6. The Labute approximate surface area is 194 Å². The Kier molecular flexibility index (Phi) is 5.84. The van der Waals surface area contributed by atoms with Crippen LogP contribution < -0.4 is 4.90 Å². The van der Waals surface area contributed by atoms with Crippen molar-refractivity contribution in [2.24, 2.45) is 0 Å². The largest absolute Gasteiger partial charge is 0.365 e. The van der Waals surface area contributed by atoms with E-state index >= 15 is 0 Å². The van der Waals surface area contributed by atoms with Gasteiger partial charge in [-0.1, -0.05) is 35.9 Å². The zero-order valence-corrected chi connectivity index (χ0v) is 19.1. The summed E-state index contributed by atoms with van der Waals surface area (Å²) in [6.45, 7) is 4.61. The van der Waals surface area contributed by atoms with E-state index in [0.717, 1.165) is 46.7 Å². The highest BCUT2D eigenvalue weighted by Gasteiger charge is 2.31. The van der Waals surface area contributed by atoms with Gasteiger partial charge in [-0.2, -0.15) is 0 Å². The van der Waals surface area contributed by atoms with Crippen LogP contribution in [0, 0.1) is 11.6 Å². The molecule has 7 heteroatoms. The van der Waals surface area contributed by atoms with Crippen molar-refractivity contribution in [3.63, 3.8) is 0 Å². The summed E-state index contributed by atoms with van der Waals surface area (Å²) >= 11 is 7.98. The molecule has 4 aromatic rings. The second-order valence-corrected chi connectivity index (χ2v) is 9.45. The van der Waals surface area contributed by atoms with E-state index in [1.54, 1.807) is 11.3 Å². The zero-order valence-electron chi connectivity index (χ0n) is 17.5. The van der Waals surface area contributed by atoms with Crippen molar-refractivity contribution >= 4 is 38.8 Å². The molecule has 0 N–H and O–H groups in total. The number of hydrogen-bond donors (Lipinski definition) is 0. The van der Waals surface area contributed by atoms with Gasteiger partial charge in [0.1, 0.15) is 16.8 Å². The molecule has 3 nitrogen and oxygen atoms in total. The third kappa shape index (κ3) is 4.10. The lowest BCUT2D eigenvalue weighted by Crippen LogP contribution is -2.53. The van der Waals surface area contributed by atoms with E-state index in [0.29, 0.717) is 5.15 Å². The van der Waals surface area contributed by atoms with Crippen molar-refractivity contribution in [3.05, 3.63) is 94.0 Å². The predicted octanol–water partition coefficient (Wildman–Crippen LogP) is 6.53. The molecule has 1 unspecified atom stereocenters. The molecule has 2 aromatic carbocycles. The van der Waals surface area contributed by atoms with Crippen LogP contribution in [0.15, 0.2) is 66.0 Å². The van der Waals surface area contributed by atoms with Gasteiger partial charge in [0.2, 0.25) is 0 Å². The minimum atomic E-state index is -0.265. The molecule has 0 bridgehead atoms. The highest BCUT2D eigenvalue weighted by molar-refractivity contribution is 7.17. The molecule has 1 fully saturated rings. The van der Waals surface area contributed by atoms with Crippen molar-refractivity contribution < 1.29 is 8.78 Å². The SMILES string of the molecule is CC1CN(C(c2ccc(F)cc2)c2ccc(F)cc2)CCN1c1cc(Cl)nc2ccsc12. The number of benzene rings is 2. The molecule has 164 valence electrons. The van der Waals surface area contributed by atoms with Crippen LogP contribution in [0.5, 0.6) is 0 Å². The van der Waals surface area contributed by atoms with E-state index in [1.807, 2.05) is 41.8 Å². The maximum atomic E-state index is 13.6. The smallest absolute Gasteiger partial charge is 0.131 e. The first kappa shape index (κ1) is 21.3. The van der Waals surface area contributed by atoms with Gasteiger partial charge < -0.3 is 4.90 Å². The number of rotatable bonds is 4. The second-order valence-electron chi connectivity index (χ2n) is 8.14. The molecule has 0 saturated carbocycles. The summed E-state index contributed by atoms with van der Waals surface area (Å²) in [5, 5.41) is 2.54. The third-order valence-corrected chi connectivity index (χ3v) is 7.18. The number of piperazine rings is 1. The van der Waals surface area contributed by atoms with E-state index in [2.05, 4.69) is 21.7 Å². The van der Waals surface area contributed by atoms with E-state index < -0.39 is 0 Å². The number of hydrogen-bond acceptors (Lipinski definition) is 4. The lowest BCUT2D eigenvalue weighted by atomic mass is 9.95. The molecule has 0 amide bonds. The molecule has 0 radical (unpaired) electrons. The standard InChI is InChI=1S/C25H22ClF2N3S/c1-16-15-30(11-12-31(16)22-14-23(26)29-21-10-13-32-25(21)22)24(17-2-6-19(27)7-3-17)18-4-8-20(28)9-5-18/h2-10,13-14,16,24H,11-12,15H2,1H3. The van der Waals surface area contributed by atoms with Crippen LogP contribution in [0.4, 0.5) is 14.5 Å². The number of pyridine rings is 1. The predicted molar refractivity (Wildman–Crippen MR) is 128 cm³/mol. The molecular formula is C25H22ClF2N3S. The average Bonchev–Trinajstić information content (AvgIpc) is 3.25. The summed E-state index contributed by atoms with van der Waals surface area (Å²) in [4.78, 5) is 9.20. The van der Waals surface area contributed by atoms with Gasteiger partial charge in [-0.25, -0.2) is 13.8 Å². The van der Waals surface area contributed by atoms with Crippen LogP contribution >= 0.6 is 22.9 Å². The molecule has 1 saturated heterocycles. The first-order valence-electron chi connectivity index (χ1n) is 10.5. The first-order valence-corrected chi connectivity index (χ1v) is 11.8. The molecule has 1 atom stereocenters. The quantitative estimate of drug-likeness (QED) is 0.317. The van der Waals surface area contributed by atoms with Gasteiger partial charge in [0, 0.05) is 31.7 Å². The van der Waals surface area contributed by atoms with E-state index in [4.69, 9.17) is 11.6 Å². The summed E-state index contributed by atoms with van der Waals surface area (Å²) in [5.41, 5.74) is 4.02. The molecule has 32 heavy (non-hydrogen) atoms. The Hall–Kier alpha value is -2.54. The van der Waals surface area contributed by atoms with Gasteiger partial charge in [0.05, 0.1) is 21.9 Å². The highest BCUT2D eigenvalue weighted by atomic mass is 35.5. The van der Waals surface area contributed by atoms with Gasteiger partial charge in [-0.15, -0.1) is 11.3 Å². The fraction of sp³-hybridized carbons (Fsp3) is 0.240. The first-order chi connectivity index (χ1) is 15.5. The van der Waals surface area contributed by atoms with Gasteiger partial charge in [0.25, 0.3) is 0 Å². The molecule has 0 spiro atoms. The molecule has 2 aromatic heterocycles. The Bertz CT molecular complexity index is 1180. The van der Waals surface area contributed by atoms with Crippen molar-refractivity contribution in [3.8, 4) is 0 Å². The fourth-order valence-electron chi connectivity index (χ4n) is 4.60. The van der Waals surface area contributed by atoms with Gasteiger partial charge >= 0.3 is 0 Å². The average molecular weight is 470 g/mol. The van der Waals surface area contributed by atoms with Crippen LogP contribution in [-0.2, 0) is 0 Å². The topological polar surface area (TPSA) is 19.4 Å². The lowest BCUT2D eigenvalue weighted by molar-refractivity contribution is 0.188. The van der Waals surface area contributed by atoms with Crippen molar-refractivity contribution in [1.29, 1.82) is 0 Å².